The van der Waals surface area contributed by atoms with E-state index in [-0.39, 0.29) is 12.0 Å². The zero-order valence-electron chi connectivity index (χ0n) is 11.7. The molecule has 2 aliphatic rings. The molecule has 0 radical (unpaired) electrons. The molecule has 4 heteroatoms. The lowest BCUT2D eigenvalue weighted by Gasteiger charge is -2.30. The van der Waals surface area contributed by atoms with Crippen LogP contribution >= 0.6 is 0 Å². The van der Waals surface area contributed by atoms with Gasteiger partial charge in [0.2, 0.25) is 5.91 Å². The molecule has 1 N–H and O–H groups in total. The molecule has 18 heavy (non-hydrogen) atoms. The molecular formula is C14H26N2O2. The summed E-state index contributed by atoms with van der Waals surface area (Å²) in [5.74, 6) is 1.02. The van der Waals surface area contributed by atoms with Crippen molar-refractivity contribution >= 4 is 5.91 Å². The van der Waals surface area contributed by atoms with Crippen LogP contribution in [0.25, 0.3) is 0 Å². The lowest BCUT2D eigenvalue weighted by Crippen LogP contribution is -2.43. The molecule has 2 aliphatic heterocycles. The number of rotatable bonds is 4. The largest absolute Gasteiger partial charge is 0.378 e. The fourth-order valence-electron chi connectivity index (χ4n) is 3.01. The highest BCUT2D eigenvalue weighted by atomic mass is 16.5. The first-order valence-electron chi connectivity index (χ1n) is 7.31. The van der Waals surface area contributed by atoms with E-state index in [0.717, 1.165) is 32.6 Å². The molecule has 104 valence electrons. The summed E-state index contributed by atoms with van der Waals surface area (Å²) in [5.41, 5.74) is 0. The molecule has 0 aromatic rings. The molecule has 0 aromatic heterocycles. The van der Waals surface area contributed by atoms with E-state index in [0.29, 0.717) is 18.4 Å². The number of nitrogens with one attached hydrogen (secondary N) is 1. The average molecular weight is 254 g/mol. The molecule has 3 atom stereocenters. The molecule has 3 unspecified atom stereocenters. The van der Waals surface area contributed by atoms with Crippen LogP contribution in [0.15, 0.2) is 0 Å². The monoisotopic (exact) mass is 254 g/mol. The van der Waals surface area contributed by atoms with Crippen molar-refractivity contribution in [2.75, 3.05) is 32.8 Å². The Bertz CT molecular complexity index is 277. The van der Waals surface area contributed by atoms with Gasteiger partial charge in [0.25, 0.3) is 0 Å². The van der Waals surface area contributed by atoms with Crippen LogP contribution in [0.4, 0.5) is 0 Å². The maximum absolute atomic E-state index is 12.4. The van der Waals surface area contributed by atoms with Gasteiger partial charge in [-0.05, 0) is 52.1 Å². The van der Waals surface area contributed by atoms with Crippen molar-refractivity contribution < 1.29 is 9.53 Å². The van der Waals surface area contributed by atoms with Crippen molar-refractivity contribution in [1.82, 2.24) is 10.2 Å². The molecule has 2 fully saturated rings. The van der Waals surface area contributed by atoms with Crippen molar-refractivity contribution in [2.45, 2.75) is 39.2 Å². The Morgan fingerprint density at radius 3 is 2.89 bits per heavy atom. The van der Waals surface area contributed by atoms with Crippen molar-refractivity contribution in [2.24, 2.45) is 11.8 Å². The second kappa shape index (κ2) is 6.53. The van der Waals surface area contributed by atoms with Crippen LogP contribution in [0.1, 0.15) is 33.1 Å². The second-order valence-electron chi connectivity index (χ2n) is 5.67. The number of carbonyl (C=O) groups excluding carboxylic acids is 1. The topological polar surface area (TPSA) is 41.6 Å². The van der Waals surface area contributed by atoms with E-state index in [1.165, 1.54) is 12.8 Å². The van der Waals surface area contributed by atoms with E-state index >= 15 is 0 Å². The van der Waals surface area contributed by atoms with E-state index in [9.17, 15) is 4.79 Å². The van der Waals surface area contributed by atoms with Gasteiger partial charge in [-0.15, -0.1) is 0 Å². The molecule has 2 rings (SSSR count). The highest BCUT2D eigenvalue weighted by Gasteiger charge is 2.31. The van der Waals surface area contributed by atoms with Gasteiger partial charge in [0.05, 0.1) is 18.6 Å². The highest BCUT2D eigenvalue weighted by Crippen LogP contribution is 2.22. The third-order valence-electron chi connectivity index (χ3n) is 4.12. The third kappa shape index (κ3) is 3.45. The lowest BCUT2D eigenvalue weighted by molar-refractivity contribution is -0.136. The number of piperidine rings is 1. The average Bonchev–Trinajstić information content (AvgIpc) is 2.83. The number of carbonyl (C=O) groups is 1. The molecule has 0 spiro atoms. The van der Waals surface area contributed by atoms with Crippen LogP contribution in [-0.2, 0) is 9.53 Å². The fourth-order valence-corrected chi connectivity index (χ4v) is 3.01. The second-order valence-corrected chi connectivity index (χ2v) is 5.67. The summed E-state index contributed by atoms with van der Waals surface area (Å²) >= 11 is 0. The van der Waals surface area contributed by atoms with Crippen LogP contribution in [0.3, 0.4) is 0 Å². The van der Waals surface area contributed by atoms with Crippen LogP contribution < -0.4 is 5.32 Å². The molecule has 0 aliphatic carbocycles. The molecule has 4 nitrogen and oxygen atoms in total. The van der Waals surface area contributed by atoms with Crippen LogP contribution in [0.5, 0.6) is 0 Å². The van der Waals surface area contributed by atoms with Crippen LogP contribution in [-0.4, -0.2) is 49.7 Å². The van der Waals surface area contributed by atoms with Gasteiger partial charge in [0.15, 0.2) is 0 Å². The standard InChI is InChI=1S/C14H26N2O2/c1-3-16(9-12-5-4-6-15-8-12)14(17)13-7-11(2)18-10-13/h11-13,15H,3-10H2,1-2H3. The van der Waals surface area contributed by atoms with Gasteiger partial charge in [0, 0.05) is 13.1 Å². The predicted molar refractivity (Wildman–Crippen MR) is 71.4 cm³/mol. The van der Waals surface area contributed by atoms with Crippen LogP contribution in [0.2, 0.25) is 0 Å². The van der Waals surface area contributed by atoms with Gasteiger partial charge >= 0.3 is 0 Å². The number of nitrogens with zero attached hydrogens (tertiary/aromatic N) is 1. The summed E-state index contributed by atoms with van der Waals surface area (Å²) in [4.78, 5) is 14.5. The number of ether oxygens (including phenoxy) is 1. The quantitative estimate of drug-likeness (QED) is 0.821. The minimum absolute atomic E-state index is 0.0940. The van der Waals surface area contributed by atoms with Crippen molar-refractivity contribution in [3.8, 4) is 0 Å². The predicted octanol–water partition coefficient (Wildman–Crippen LogP) is 1.26. The first-order chi connectivity index (χ1) is 8.70. The minimum atomic E-state index is 0.0940. The minimum Gasteiger partial charge on any atom is -0.378 e. The fraction of sp³-hybridized carbons (Fsp3) is 0.929. The van der Waals surface area contributed by atoms with Gasteiger partial charge < -0.3 is 15.0 Å². The molecule has 0 saturated carbocycles. The zero-order chi connectivity index (χ0) is 13.0. The normalized spacial score (nSPS) is 32.4. The first-order valence-corrected chi connectivity index (χ1v) is 7.31. The molecule has 0 aromatic carbocycles. The lowest BCUT2D eigenvalue weighted by atomic mass is 9.97. The van der Waals surface area contributed by atoms with Crippen LogP contribution in [0, 0.1) is 11.8 Å². The SMILES string of the molecule is CCN(CC1CCCNC1)C(=O)C1COC(C)C1. The van der Waals surface area contributed by atoms with Crippen molar-refractivity contribution in [3.05, 3.63) is 0 Å². The van der Waals surface area contributed by atoms with E-state index in [1.807, 2.05) is 4.90 Å². The van der Waals surface area contributed by atoms with Crippen molar-refractivity contribution in [1.29, 1.82) is 0 Å². The Labute approximate surface area is 110 Å². The van der Waals surface area contributed by atoms with Gasteiger partial charge in [-0.3, -0.25) is 4.79 Å². The maximum atomic E-state index is 12.4. The molecule has 2 heterocycles. The van der Waals surface area contributed by atoms with E-state index in [4.69, 9.17) is 4.74 Å². The number of amides is 1. The first kappa shape index (κ1) is 13.8. The Balaban J connectivity index is 1.85. The Kier molecular flexibility index (Phi) is 5.01. The van der Waals surface area contributed by atoms with Gasteiger partial charge in [0.1, 0.15) is 0 Å². The number of hydrogen-bond acceptors (Lipinski definition) is 3. The zero-order valence-corrected chi connectivity index (χ0v) is 11.7. The summed E-state index contributed by atoms with van der Waals surface area (Å²) in [6.07, 6.45) is 3.61. The Morgan fingerprint density at radius 2 is 2.33 bits per heavy atom. The van der Waals surface area contributed by atoms with E-state index in [2.05, 4.69) is 19.2 Å². The molecule has 1 amide bonds. The highest BCUT2D eigenvalue weighted by molar-refractivity contribution is 5.79. The van der Waals surface area contributed by atoms with E-state index in [1.54, 1.807) is 0 Å². The summed E-state index contributed by atoms with van der Waals surface area (Å²) in [5, 5.41) is 3.42. The Morgan fingerprint density at radius 1 is 1.50 bits per heavy atom. The van der Waals surface area contributed by atoms with Gasteiger partial charge in [-0.2, -0.15) is 0 Å². The number of hydrogen-bond donors (Lipinski definition) is 1. The molecule has 2 saturated heterocycles. The van der Waals surface area contributed by atoms with Crippen molar-refractivity contribution in [3.63, 3.8) is 0 Å². The summed E-state index contributed by atoms with van der Waals surface area (Å²) in [6, 6.07) is 0. The van der Waals surface area contributed by atoms with Gasteiger partial charge in [-0.25, -0.2) is 0 Å². The van der Waals surface area contributed by atoms with Gasteiger partial charge in [-0.1, -0.05) is 0 Å². The summed E-state index contributed by atoms with van der Waals surface area (Å²) in [7, 11) is 0. The Hall–Kier alpha value is -0.610. The maximum Gasteiger partial charge on any atom is 0.228 e. The third-order valence-corrected chi connectivity index (χ3v) is 4.12. The van der Waals surface area contributed by atoms with E-state index < -0.39 is 0 Å². The smallest absolute Gasteiger partial charge is 0.228 e. The summed E-state index contributed by atoms with van der Waals surface area (Å²) in [6.45, 7) is 8.65. The summed E-state index contributed by atoms with van der Waals surface area (Å²) < 4.78 is 5.51. The molecular weight excluding hydrogens is 228 g/mol. The molecule has 0 bridgehead atoms.